The Bertz CT molecular complexity index is 629. The molecule has 0 bridgehead atoms. The van der Waals surface area contributed by atoms with Crippen LogP contribution in [0.5, 0.6) is 0 Å². The van der Waals surface area contributed by atoms with Gasteiger partial charge in [0.1, 0.15) is 0 Å². The van der Waals surface area contributed by atoms with Crippen LogP contribution in [-0.4, -0.2) is 19.5 Å². The Kier molecular flexibility index (Phi) is 4.65. The molecule has 7 heteroatoms. The highest BCUT2D eigenvalue weighted by Crippen LogP contribution is 2.26. The molecule has 1 fully saturated rings. The fourth-order valence-electron chi connectivity index (χ4n) is 2.94. The molecule has 0 aromatic carbocycles. The van der Waals surface area contributed by atoms with E-state index in [0.29, 0.717) is 17.7 Å². The number of hydrogen-bond donors (Lipinski definition) is 2. The van der Waals surface area contributed by atoms with Crippen LogP contribution in [0, 0.1) is 5.92 Å². The number of rotatable bonds is 3. The van der Waals surface area contributed by atoms with Gasteiger partial charge in [-0.3, -0.25) is 9.36 Å². The lowest BCUT2D eigenvalue weighted by atomic mass is 9.87. The molecular weight excluding hydrogens is 278 g/mol. The highest BCUT2D eigenvalue weighted by atomic mass is 35.5. The van der Waals surface area contributed by atoms with Crippen LogP contribution in [0.3, 0.4) is 0 Å². The van der Waals surface area contributed by atoms with Crippen molar-refractivity contribution in [1.82, 2.24) is 19.5 Å². The van der Waals surface area contributed by atoms with Crippen molar-refractivity contribution in [3.63, 3.8) is 0 Å². The lowest BCUT2D eigenvalue weighted by Crippen LogP contribution is -2.26. The van der Waals surface area contributed by atoms with E-state index >= 15 is 0 Å². The minimum absolute atomic E-state index is 0. The first-order chi connectivity index (χ1) is 9.25. The zero-order chi connectivity index (χ0) is 13.2. The van der Waals surface area contributed by atoms with Gasteiger partial charge in [-0.05, 0) is 12.3 Å². The van der Waals surface area contributed by atoms with E-state index in [9.17, 15) is 4.79 Å². The lowest BCUT2D eigenvalue weighted by Gasteiger charge is -2.21. The maximum absolute atomic E-state index is 12.2. The van der Waals surface area contributed by atoms with E-state index in [1.165, 1.54) is 38.4 Å². The fourth-order valence-corrected chi connectivity index (χ4v) is 2.94. The molecule has 3 rings (SSSR count). The van der Waals surface area contributed by atoms with Crippen molar-refractivity contribution in [3.8, 4) is 0 Å². The predicted octanol–water partition coefficient (Wildman–Crippen LogP) is 2.09. The van der Waals surface area contributed by atoms with Gasteiger partial charge in [0.05, 0.1) is 6.33 Å². The number of aromatic nitrogens is 4. The SMILES string of the molecule is Cl.Nc1nc2[nH]cnc2c(=O)n1CCC1CCCCC1. The first-order valence-electron chi connectivity index (χ1n) is 6.95. The molecule has 2 aromatic rings. The highest BCUT2D eigenvalue weighted by Gasteiger charge is 2.15. The molecule has 20 heavy (non-hydrogen) atoms. The quantitative estimate of drug-likeness (QED) is 0.908. The topological polar surface area (TPSA) is 89.6 Å². The molecule has 2 heterocycles. The van der Waals surface area contributed by atoms with E-state index in [2.05, 4.69) is 15.0 Å². The molecule has 0 unspecified atom stereocenters. The first-order valence-corrected chi connectivity index (χ1v) is 6.95. The Morgan fingerprint density at radius 1 is 1.35 bits per heavy atom. The molecule has 6 nitrogen and oxygen atoms in total. The Hall–Kier alpha value is -1.56. The van der Waals surface area contributed by atoms with Gasteiger partial charge in [-0.15, -0.1) is 12.4 Å². The average Bonchev–Trinajstić information content (AvgIpc) is 2.88. The van der Waals surface area contributed by atoms with Crippen LogP contribution in [0.2, 0.25) is 0 Å². The van der Waals surface area contributed by atoms with Crippen LogP contribution in [0.4, 0.5) is 5.95 Å². The molecule has 3 N–H and O–H groups in total. The van der Waals surface area contributed by atoms with Crippen molar-refractivity contribution in [2.24, 2.45) is 5.92 Å². The molecule has 1 aliphatic rings. The number of anilines is 1. The second-order valence-electron chi connectivity index (χ2n) is 5.32. The summed E-state index contributed by atoms with van der Waals surface area (Å²) >= 11 is 0. The van der Waals surface area contributed by atoms with E-state index in [-0.39, 0.29) is 23.9 Å². The summed E-state index contributed by atoms with van der Waals surface area (Å²) in [6.07, 6.45) is 8.99. The van der Waals surface area contributed by atoms with Crippen molar-refractivity contribution >= 4 is 29.5 Å². The minimum Gasteiger partial charge on any atom is -0.369 e. The number of nitrogens with one attached hydrogen (secondary N) is 1. The van der Waals surface area contributed by atoms with E-state index in [4.69, 9.17) is 5.73 Å². The molecule has 2 aromatic heterocycles. The molecule has 0 aliphatic heterocycles. The summed E-state index contributed by atoms with van der Waals surface area (Å²) in [6.45, 7) is 0.644. The van der Waals surface area contributed by atoms with Crippen LogP contribution in [0.1, 0.15) is 38.5 Å². The lowest BCUT2D eigenvalue weighted by molar-refractivity contribution is 0.323. The Labute approximate surface area is 123 Å². The fraction of sp³-hybridized carbons (Fsp3) is 0.615. The van der Waals surface area contributed by atoms with E-state index < -0.39 is 0 Å². The van der Waals surface area contributed by atoms with Crippen LogP contribution >= 0.6 is 12.4 Å². The van der Waals surface area contributed by atoms with Crippen LogP contribution < -0.4 is 11.3 Å². The number of aromatic amines is 1. The molecule has 110 valence electrons. The maximum atomic E-state index is 12.2. The Morgan fingerprint density at radius 3 is 2.85 bits per heavy atom. The van der Waals surface area contributed by atoms with Gasteiger partial charge in [0.2, 0.25) is 5.95 Å². The van der Waals surface area contributed by atoms with Crippen molar-refractivity contribution in [2.45, 2.75) is 45.1 Å². The van der Waals surface area contributed by atoms with E-state index in [1.807, 2.05) is 0 Å². The zero-order valence-corrected chi connectivity index (χ0v) is 12.2. The minimum atomic E-state index is -0.139. The smallest absolute Gasteiger partial charge is 0.283 e. The normalized spacial score (nSPS) is 16.2. The summed E-state index contributed by atoms with van der Waals surface area (Å²) in [5, 5.41) is 0. The van der Waals surface area contributed by atoms with Crippen molar-refractivity contribution < 1.29 is 0 Å². The summed E-state index contributed by atoms with van der Waals surface area (Å²) < 4.78 is 1.55. The molecule has 0 spiro atoms. The molecular formula is C13H20ClN5O. The van der Waals surface area contributed by atoms with Gasteiger partial charge < -0.3 is 10.7 Å². The molecule has 0 atom stereocenters. The summed E-state index contributed by atoms with van der Waals surface area (Å²) in [5.74, 6) is 0.993. The van der Waals surface area contributed by atoms with E-state index in [1.54, 1.807) is 4.57 Å². The number of fused-ring (bicyclic) bond motifs is 1. The van der Waals surface area contributed by atoms with Gasteiger partial charge in [0.25, 0.3) is 5.56 Å². The largest absolute Gasteiger partial charge is 0.369 e. The summed E-state index contributed by atoms with van der Waals surface area (Å²) in [7, 11) is 0. The molecule has 0 saturated heterocycles. The van der Waals surface area contributed by atoms with Gasteiger partial charge in [0, 0.05) is 6.54 Å². The summed E-state index contributed by atoms with van der Waals surface area (Å²) in [6, 6.07) is 0. The molecule has 1 aliphatic carbocycles. The third-order valence-electron chi connectivity index (χ3n) is 4.06. The number of hydrogen-bond acceptors (Lipinski definition) is 4. The summed E-state index contributed by atoms with van der Waals surface area (Å²) in [4.78, 5) is 23.3. The van der Waals surface area contributed by atoms with Crippen LogP contribution in [-0.2, 0) is 6.54 Å². The highest BCUT2D eigenvalue weighted by molar-refractivity contribution is 5.85. The van der Waals surface area contributed by atoms with Crippen molar-refractivity contribution in [2.75, 3.05) is 5.73 Å². The second-order valence-corrected chi connectivity index (χ2v) is 5.32. The Morgan fingerprint density at radius 2 is 2.10 bits per heavy atom. The number of nitrogens with zero attached hydrogens (tertiary/aromatic N) is 3. The molecule has 0 amide bonds. The van der Waals surface area contributed by atoms with E-state index in [0.717, 1.165) is 12.3 Å². The standard InChI is InChI=1S/C13H19N5O.ClH/c14-13-17-11-10(15-8-16-11)12(19)18(13)7-6-9-4-2-1-3-5-9;/h8-9H,1-7H2,(H2,14,17)(H,15,16);1H. The van der Waals surface area contributed by atoms with Crippen LogP contribution in [0.25, 0.3) is 11.2 Å². The number of imidazole rings is 1. The molecule has 1 saturated carbocycles. The number of nitrogens with two attached hydrogens (primary N) is 1. The zero-order valence-electron chi connectivity index (χ0n) is 11.3. The van der Waals surface area contributed by atoms with Crippen LogP contribution in [0.15, 0.2) is 11.1 Å². The third-order valence-corrected chi connectivity index (χ3v) is 4.06. The van der Waals surface area contributed by atoms with Gasteiger partial charge in [-0.1, -0.05) is 32.1 Å². The van der Waals surface area contributed by atoms with Crippen molar-refractivity contribution in [3.05, 3.63) is 16.7 Å². The van der Waals surface area contributed by atoms with Gasteiger partial charge >= 0.3 is 0 Å². The maximum Gasteiger partial charge on any atom is 0.283 e. The van der Waals surface area contributed by atoms with Gasteiger partial charge in [-0.2, -0.15) is 4.98 Å². The van der Waals surface area contributed by atoms with Gasteiger partial charge in [-0.25, -0.2) is 4.98 Å². The predicted molar refractivity (Wildman–Crippen MR) is 81.0 cm³/mol. The third kappa shape index (κ3) is 2.80. The Balaban J connectivity index is 0.00000147. The molecule has 0 radical (unpaired) electrons. The second kappa shape index (κ2) is 6.26. The number of nitrogen functional groups attached to an aromatic ring is 1. The number of halogens is 1. The average molecular weight is 298 g/mol. The summed E-state index contributed by atoms with van der Waals surface area (Å²) in [5.41, 5.74) is 6.57. The number of H-pyrrole nitrogens is 1. The first kappa shape index (κ1) is 14.8. The monoisotopic (exact) mass is 297 g/mol. The van der Waals surface area contributed by atoms with Crippen molar-refractivity contribution in [1.29, 1.82) is 0 Å². The van der Waals surface area contributed by atoms with Gasteiger partial charge in [0.15, 0.2) is 11.2 Å².